The summed E-state index contributed by atoms with van der Waals surface area (Å²) in [5.41, 5.74) is 0.483. The number of rotatable bonds is 3. The van der Waals surface area contributed by atoms with Gasteiger partial charge in [-0.1, -0.05) is 41.4 Å². The van der Waals surface area contributed by atoms with Crippen LogP contribution in [0.1, 0.15) is 6.42 Å². The van der Waals surface area contributed by atoms with Crippen LogP contribution in [-0.4, -0.2) is 18.4 Å². The molecule has 0 aliphatic carbocycles. The zero-order valence-corrected chi connectivity index (χ0v) is 13.9. The molecule has 3 rings (SSSR count). The van der Waals surface area contributed by atoms with Gasteiger partial charge in [0.25, 0.3) is 0 Å². The van der Waals surface area contributed by atoms with Gasteiger partial charge in [-0.25, -0.2) is 4.39 Å². The Hall–Kier alpha value is -2.11. The molecule has 1 fully saturated rings. The van der Waals surface area contributed by atoms with Gasteiger partial charge in [-0.3, -0.25) is 9.59 Å². The van der Waals surface area contributed by atoms with Crippen LogP contribution in [0, 0.1) is 11.7 Å². The van der Waals surface area contributed by atoms with Crippen LogP contribution in [0.4, 0.5) is 15.8 Å². The number of benzene rings is 2. The quantitative estimate of drug-likeness (QED) is 0.887. The van der Waals surface area contributed by atoms with Crippen LogP contribution >= 0.6 is 23.2 Å². The smallest absolute Gasteiger partial charge is 0.229 e. The van der Waals surface area contributed by atoms with Crippen LogP contribution in [0.5, 0.6) is 0 Å². The van der Waals surface area contributed by atoms with E-state index in [-0.39, 0.29) is 24.6 Å². The van der Waals surface area contributed by atoms with Gasteiger partial charge >= 0.3 is 0 Å². The first-order valence-electron chi connectivity index (χ1n) is 7.27. The van der Waals surface area contributed by atoms with E-state index in [9.17, 15) is 14.0 Å². The molecule has 1 N–H and O–H groups in total. The summed E-state index contributed by atoms with van der Waals surface area (Å²) < 4.78 is 13.6. The number of halogens is 3. The van der Waals surface area contributed by atoms with Crippen LogP contribution in [0.2, 0.25) is 10.0 Å². The number of amides is 2. The molecule has 124 valence electrons. The number of hydrogen-bond acceptors (Lipinski definition) is 2. The molecule has 0 spiro atoms. The third-order valence-corrected chi connectivity index (χ3v) is 4.45. The standard InChI is InChI=1S/C17H13Cl2FN2O2/c18-11-4-3-5-12(19)16(11)22-9-10(8-15(22)23)17(24)21-14-7-2-1-6-13(14)20/h1-7,10H,8-9H2,(H,21,24). The molecule has 1 unspecified atom stereocenters. The second-order valence-corrected chi connectivity index (χ2v) is 6.26. The number of anilines is 2. The lowest BCUT2D eigenvalue weighted by molar-refractivity contribution is -0.122. The molecule has 0 aromatic heterocycles. The van der Waals surface area contributed by atoms with E-state index in [1.807, 2.05) is 0 Å². The minimum atomic E-state index is -0.607. The number of carbonyl (C=O) groups excluding carboxylic acids is 2. The number of hydrogen-bond donors (Lipinski definition) is 1. The predicted octanol–water partition coefficient (Wildman–Crippen LogP) is 4.12. The van der Waals surface area contributed by atoms with E-state index in [4.69, 9.17) is 23.2 Å². The Bertz CT molecular complexity index is 793. The van der Waals surface area contributed by atoms with Gasteiger partial charge in [0.15, 0.2) is 0 Å². The molecule has 1 aliphatic heterocycles. The molecular formula is C17H13Cl2FN2O2. The first-order valence-corrected chi connectivity index (χ1v) is 8.02. The van der Waals surface area contributed by atoms with Gasteiger partial charge < -0.3 is 10.2 Å². The van der Waals surface area contributed by atoms with Crippen LogP contribution in [0.15, 0.2) is 42.5 Å². The van der Waals surface area contributed by atoms with Crippen molar-refractivity contribution in [2.75, 3.05) is 16.8 Å². The molecule has 0 bridgehead atoms. The van der Waals surface area contributed by atoms with E-state index in [1.54, 1.807) is 24.3 Å². The van der Waals surface area contributed by atoms with E-state index in [0.29, 0.717) is 15.7 Å². The normalized spacial score (nSPS) is 17.2. The van der Waals surface area contributed by atoms with Crippen molar-refractivity contribution in [3.63, 3.8) is 0 Å². The van der Waals surface area contributed by atoms with E-state index in [0.717, 1.165) is 0 Å². The van der Waals surface area contributed by atoms with Crippen molar-refractivity contribution < 1.29 is 14.0 Å². The topological polar surface area (TPSA) is 49.4 Å². The number of nitrogens with zero attached hydrogens (tertiary/aromatic N) is 1. The van der Waals surface area contributed by atoms with Crippen molar-refractivity contribution in [1.82, 2.24) is 0 Å². The lowest BCUT2D eigenvalue weighted by Crippen LogP contribution is -2.28. The molecule has 1 atom stereocenters. The average Bonchev–Trinajstić information content (AvgIpc) is 2.91. The Morgan fingerprint density at radius 2 is 1.79 bits per heavy atom. The largest absolute Gasteiger partial charge is 0.323 e. The molecule has 1 aliphatic rings. The zero-order chi connectivity index (χ0) is 17.3. The summed E-state index contributed by atoms with van der Waals surface area (Å²) in [7, 11) is 0. The van der Waals surface area contributed by atoms with E-state index >= 15 is 0 Å². The van der Waals surface area contributed by atoms with Gasteiger partial charge in [0.1, 0.15) is 5.82 Å². The summed E-state index contributed by atoms with van der Waals surface area (Å²) >= 11 is 12.2. The minimum absolute atomic E-state index is 0.0157. The highest BCUT2D eigenvalue weighted by atomic mass is 35.5. The van der Waals surface area contributed by atoms with Gasteiger partial charge in [0, 0.05) is 13.0 Å². The molecule has 0 radical (unpaired) electrons. The van der Waals surface area contributed by atoms with Gasteiger partial charge in [-0.2, -0.15) is 0 Å². The molecule has 7 heteroatoms. The van der Waals surface area contributed by atoms with Crippen molar-refractivity contribution in [1.29, 1.82) is 0 Å². The molecule has 0 saturated carbocycles. The molecule has 2 aromatic carbocycles. The first-order chi connectivity index (χ1) is 11.5. The monoisotopic (exact) mass is 366 g/mol. The molecule has 4 nitrogen and oxygen atoms in total. The summed E-state index contributed by atoms with van der Waals surface area (Å²) in [5.74, 6) is -1.80. The Labute approximate surface area is 148 Å². The third kappa shape index (κ3) is 3.23. The van der Waals surface area contributed by atoms with Gasteiger partial charge in [-0.15, -0.1) is 0 Å². The molecule has 2 aromatic rings. The Morgan fingerprint density at radius 3 is 2.46 bits per heavy atom. The maximum atomic E-state index is 13.6. The van der Waals surface area contributed by atoms with Crippen LogP contribution in [0.25, 0.3) is 0 Å². The summed E-state index contributed by atoms with van der Waals surface area (Å²) in [6.45, 7) is 0.141. The van der Waals surface area contributed by atoms with Crippen molar-refractivity contribution >= 4 is 46.4 Å². The summed E-state index contributed by atoms with van der Waals surface area (Å²) in [4.78, 5) is 26.0. The molecule has 2 amide bonds. The molecule has 1 heterocycles. The Kier molecular flexibility index (Phi) is 4.73. The van der Waals surface area contributed by atoms with E-state index < -0.39 is 17.6 Å². The maximum Gasteiger partial charge on any atom is 0.229 e. The highest BCUT2D eigenvalue weighted by Crippen LogP contribution is 2.37. The third-order valence-electron chi connectivity index (χ3n) is 3.84. The van der Waals surface area contributed by atoms with Crippen molar-refractivity contribution in [2.45, 2.75) is 6.42 Å². The fourth-order valence-corrected chi connectivity index (χ4v) is 3.25. The fraction of sp³-hybridized carbons (Fsp3) is 0.176. The lowest BCUT2D eigenvalue weighted by Gasteiger charge is -2.19. The highest BCUT2D eigenvalue weighted by molar-refractivity contribution is 6.40. The van der Waals surface area contributed by atoms with Crippen LogP contribution < -0.4 is 10.2 Å². The minimum Gasteiger partial charge on any atom is -0.323 e. The Morgan fingerprint density at radius 1 is 1.12 bits per heavy atom. The summed E-state index contributed by atoms with van der Waals surface area (Å²) in [5, 5.41) is 3.19. The maximum absolute atomic E-state index is 13.6. The highest BCUT2D eigenvalue weighted by Gasteiger charge is 2.37. The van der Waals surface area contributed by atoms with Gasteiger partial charge in [-0.05, 0) is 24.3 Å². The predicted molar refractivity (Wildman–Crippen MR) is 92.0 cm³/mol. The average molecular weight is 367 g/mol. The van der Waals surface area contributed by atoms with E-state index in [1.165, 1.54) is 23.1 Å². The second-order valence-electron chi connectivity index (χ2n) is 5.44. The molecular weight excluding hydrogens is 354 g/mol. The number of carbonyl (C=O) groups is 2. The van der Waals surface area contributed by atoms with E-state index in [2.05, 4.69) is 5.32 Å². The van der Waals surface area contributed by atoms with Gasteiger partial charge in [0.05, 0.1) is 27.3 Å². The zero-order valence-electron chi connectivity index (χ0n) is 12.4. The van der Waals surface area contributed by atoms with Crippen LogP contribution in [0.3, 0.4) is 0 Å². The summed E-state index contributed by atoms with van der Waals surface area (Å²) in [6, 6.07) is 10.8. The second kappa shape index (κ2) is 6.79. The SMILES string of the molecule is O=C(Nc1ccccc1F)C1CC(=O)N(c2c(Cl)cccc2Cl)C1. The van der Waals surface area contributed by atoms with Crippen LogP contribution in [-0.2, 0) is 9.59 Å². The van der Waals surface area contributed by atoms with Crippen molar-refractivity contribution in [3.05, 3.63) is 58.3 Å². The van der Waals surface area contributed by atoms with Gasteiger partial charge in [0.2, 0.25) is 11.8 Å². The lowest BCUT2D eigenvalue weighted by atomic mass is 10.1. The Balaban J connectivity index is 1.77. The molecule has 24 heavy (non-hydrogen) atoms. The molecule has 1 saturated heterocycles. The number of nitrogens with one attached hydrogen (secondary N) is 1. The summed E-state index contributed by atoms with van der Waals surface area (Å²) in [6.07, 6.45) is 0.0157. The first kappa shape index (κ1) is 16.7. The fourth-order valence-electron chi connectivity index (χ4n) is 2.64. The van der Waals surface area contributed by atoms with Crippen molar-refractivity contribution in [2.24, 2.45) is 5.92 Å². The van der Waals surface area contributed by atoms with Crippen molar-refractivity contribution in [3.8, 4) is 0 Å². The number of para-hydroxylation sites is 2.